The van der Waals surface area contributed by atoms with Crippen molar-refractivity contribution in [3.63, 3.8) is 0 Å². The molecule has 0 unspecified atom stereocenters. The Morgan fingerprint density at radius 1 is 0.688 bits per heavy atom. The van der Waals surface area contributed by atoms with Crippen molar-refractivity contribution in [2.45, 2.75) is 158 Å². The Morgan fingerprint density at radius 3 is 1.56 bits per heavy atom. The van der Waals surface area contributed by atoms with Crippen LogP contribution in [0.2, 0.25) is 0 Å². The average molecular weight is 699 g/mol. The Balaban J connectivity index is 0.000000320. The van der Waals surface area contributed by atoms with Crippen LogP contribution in [0.1, 0.15) is 201 Å². The van der Waals surface area contributed by atoms with E-state index in [1.54, 1.807) is 17.7 Å². The monoisotopic (exact) mass is 698 g/mol. The maximum absolute atomic E-state index is 13.1. The van der Waals surface area contributed by atoms with E-state index in [2.05, 4.69) is 125 Å². The molecule has 0 saturated heterocycles. The van der Waals surface area contributed by atoms with Crippen LogP contribution >= 0.6 is 22.7 Å². The van der Waals surface area contributed by atoms with E-state index < -0.39 is 0 Å². The fourth-order valence-corrected chi connectivity index (χ4v) is 5.77. The van der Waals surface area contributed by atoms with Gasteiger partial charge in [-0.15, -0.1) is 22.7 Å². The van der Waals surface area contributed by atoms with Crippen LogP contribution in [0.3, 0.4) is 0 Å². The lowest BCUT2D eigenvalue weighted by Crippen LogP contribution is -2.02. The highest BCUT2D eigenvalue weighted by Gasteiger charge is 2.16. The first kappa shape index (κ1) is 42.9. The topological polar surface area (TPSA) is 106 Å². The second-order valence-corrected chi connectivity index (χ2v) is 16.4. The number of rotatable bonds is 8. The first-order valence-corrected chi connectivity index (χ1v) is 18.7. The van der Waals surface area contributed by atoms with Crippen LogP contribution in [0, 0.1) is 17.3 Å². The SMILES string of the molecule is CC(C)c1cnnc(C(C)C)c1.CC(C)c1nc(C#N)c(C(C)C)s1.CC(C)c1nc(F)c(C(C)C)s1.CC(C)c1ncn(C(C)C)n1. The zero-order chi connectivity index (χ0) is 36.9. The molecule has 0 saturated carbocycles. The summed E-state index contributed by atoms with van der Waals surface area (Å²) >= 11 is 3.16. The number of hydrogen-bond acceptors (Lipinski definition) is 9. The molecule has 0 amide bonds. The summed E-state index contributed by atoms with van der Waals surface area (Å²) in [6.45, 7) is 33.4. The highest BCUT2D eigenvalue weighted by atomic mass is 32.1. The van der Waals surface area contributed by atoms with Crippen LogP contribution in [-0.4, -0.2) is 34.9 Å². The molecule has 0 fully saturated rings. The van der Waals surface area contributed by atoms with Gasteiger partial charge in [-0.1, -0.05) is 96.9 Å². The summed E-state index contributed by atoms with van der Waals surface area (Å²) in [6.07, 6.45) is 3.64. The zero-order valence-corrected chi connectivity index (χ0v) is 33.8. The first-order valence-electron chi connectivity index (χ1n) is 17.1. The third-order valence-electron chi connectivity index (χ3n) is 6.96. The number of nitrogens with zero attached hydrogens (tertiary/aromatic N) is 8. The zero-order valence-electron chi connectivity index (χ0n) is 32.1. The van der Waals surface area contributed by atoms with Crippen LogP contribution in [0.4, 0.5) is 4.39 Å². The molecular formula is C37H59FN8S2. The average Bonchev–Trinajstić information content (AvgIpc) is 3.77. The largest absolute Gasteiger partial charge is 0.250 e. The van der Waals surface area contributed by atoms with E-state index in [-0.39, 0.29) is 11.9 Å². The van der Waals surface area contributed by atoms with Crippen LogP contribution in [-0.2, 0) is 0 Å². The van der Waals surface area contributed by atoms with Crippen LogP contribution < -0.4 is 0 Å². The third-order valence-corrected chi connectivity index (χ3v) is 10.3. The molecule has 0 N–H and O–H groups in total. The summed E-state index contributed by atoms with van der Waals surface area (Å²) in [5, 5.41) is 23.2. The van der Waals surface area contributed by atoms with Crippen molar-refractivity contribution >= 4 is 22.7 Å². The molecule has 48 heavy (non-hydrogen) atoms. The Morgan fingerprint density at radius 2 is 1.23 bits per heavy atom. The van der Waals surface area contributed by atoms with Crippen molar-refractivity contribution in [2.75, 3.05) is 0 Å². The lowest BCUT2D eigenvalue weighted by atomic mass is 10.0. The van der Waals surface area contributed by atoms with Crippen molar-refractivity contribution in [2.24, 2.45) is 0 Å². The van der Waals surface area contributed by atoms with Crippen LogP contribution in [0.25, 0.3) is 0 Å². The molecule has 0 aliphatic rings. The molecule has 0 radical (unpaired) electrons. The number of halogens is 1. The molecule has 0 bridgehead atoms. The van der Waals surface area contributed by atoms with Gasteiger partial charge in [0.25, 0.3) is 0 Å². The standard InChI is InChI=1S/C10H14N2S.C10H16N2.C9H14FNS.C8H15N3/c1-6(2)9-8(5-11)12-10(13-9)7(3)4;1-7(2)9-5-10(8(3)4)12-11-6-9;1-5(2)7-8(10)11-9(12-7)6(3)4;1-6(2)8-9-5-11(10-8)7(3)4/h6-7H,1-4H3;5-8H,1-4H3;5-6H,1-4H3;5-7H,1-4H3. The molecule has 0 atom stereocenters. The predicted octanol–water partition coefficient (Wildman–Crippen LogP) is 11.5. The van der Waals surface area contributed by atoms with Crippen molar-refractivity contribution in [3.05, 3.63) is 67.1 Å². The van der Waals surface area contributed by atoms with E-state index in [1.165, 1.54) is 16.9 Å². The normalized spacial score (nSPS) is 11.2. The molecule has 11 heteroatoms. The van der Waals surface area contributed by atoms with Gasteiger partial charge in [0.15, 0.2) is 11.5 Å². The lowest BCUT2D eigenvalue weighted by molar-refractivity contribution is 0.522. The molecule has 0 spiro atoms. The summed E-state index contributed by atoms with van der Waals surface area (Å²) in [5.74, 6) is 3.48. The molecule has 0 aliphatic carbocycles. The van der Waals surface area contributed by atoms with E-state index in [0.29, 0.717) is 47.2 Å². The van der Waals surface area contributed by atoms with Crippen LogP contribution in [0.5, 0.6) is 0 Å². The Kier molecular flexibility index (Phi) is 18.3. The van der Waals surface area contributed by atoms with Gasteiger partial charge in [0, 0.05) is 28.7 Å². The first-order chi connectivity index (χ1) is 22.3. The number of nitriles is 1. The maximum Gasteiger partial charge on any atom is 0.227 e. The molecule has 0 aromatic carbocycles. The molecule has 0 aliphatic heterocycles. The van der Waals surface area contributed by atoms with Crippen molar-refractivity contribution in [1.29, 1.82) is 5.26 Å². The van der Waals surface area contributed by atoms with E-state index in [0.717, 1.165) is 31.3 Å². The third kappa shape index (κ3) is 13.8. The van der Waals surface area contributed by atoms with Crippen molar-refractivity contribution in [3.8, 4) is 6.07 Å². The van der Waals surface area contributed by atoms with E-state index in [9.17, 15) is 4.39 Å². The minimum atomic E-state index is -0.279. The van der Waals surface area contributed by atoms with Gasteiger partial charge >= 0.3 is 0 Å². The van der Waals surface area contributed by atoms with E-state index in [4.69, 9.17) is 5.26 Å². The Labute approximate surface area is 297 Å². The van der Waals surface area contributed by atoms with Crippen molar-refractivity contribution in [1.82, 2.24) is 34.9 Å². The number of thiazole rings is 2. The highest BCUT2D eigenvalue weighted by molar-refractivity contribution is 7.12. The minimum Gasteiger partial charge on any atom is -0.250 e. The number of aromatic nitrogens is 7. The Hall–Kier alpha value is -3.10. The molecular weight excluding hydrogens is 640 g/mol. The van der Waals surface area contributed by atoms with Gasteiger partial charge in [-0.3, -0.25) is 4.68 Å². The van der Waals surface area contributed by atoms with E-state index in [1.807, 2.05) is 38.6 Å². The minimum absolute atomic E-state index is 0.245. The molecule has 4 heterocycles. The molecule has 4 aromatic rings. The molecule has 4 rings (SSSR count). The number of hydrogen-bond donors (Lipinski definition) is 0. The molecule has 266 valence electrons. The predicted molar refractivity (Wildman–Crippen MR) is 200 cm³/mol. The summed E-state index contributed by atoms with van der Waals surface area (Å²) in [5.41, 5.74) is 2.97. The highest BCUT2D eigenvalue weighted by Crippen LogP contribution is 2.30. The summed E-state index contributed by atoms with van der Waals surface area (Å²) < 4.78 is 15.0. The van der Waals surface area contributed by atoms with Gasteiger partial charge in [0.1, 0.15) is 12.4 Å². The maximum atomic E-state index is 13.1. The Bertz CT molecular complexity index is 1490. The summed E-state index contributed by atoms with van der Waals surface area (Å²) in [7, 11) is 0. The quantitative estimate of drug-likeness (QED) is 0.180. The second-order valence-electron chi connectivity index (χ2n) is 14.3. The fourth-order valence-electron chi connectivity index (χ4n) is 3.80. The van der Waals surface area contributed by atoms with Gasteiger partial charge in [-0.2, -0.15) is 24.9 Å². The van der Waals surface area contributed by atoms with Gasteiger partial charge in [0.05, 0.1) is 26.8 Å². The molecule has 4 aromatic heterocycles. The summed E-state index contributed by atoms with van der Waals surface area (Å²) in [6, 6.07) is 4.70. The van der Waals surface area contributed by atoms with Crippen molar-refractivity contribution < 1.29 is 4.39 Å². The second kappa shape index (κ2) is 20.4. The fraction of sp³-hybridized carbons (Fsp3) is 0.649. The van der Waals surface area contributed by atoms with Gasteiger partial charge < -0.3 is 0 Å². The van der Waals surface area contributed by atoms with Gasteiger partial charge in [-0.05, 0) is 49.1 Å². The van der Waals surface area contributed by atoms with E-state index >= 15 is 0 Å². The summed E-state index contributed by atoms with van der Waals surface area (Å²) in [4.78, 5) is 14.3. The van der Waals surface area contributed by atoms with Gasteiger partial charge in [-0.25, -0.2) is 15.0 Å². The smallest absolute Gasteiger partial charge is 0.227 e. The lowest BCUT2D eigenvalue weighted by Gasteiger charge is -2.07. The van der Waals surface area contributed by atoms with Crippen LogP contribution in [0.15, 0.2) is 18.6 Å². The van der Waals surface area contributed by atoms with Gasteiger partial charge in [0.2, 0.25) is 5.95 Å². The molecule has 8 nitrogen and oxygen atoms in total.